The third-order valence-corrected chi connectivity index (χ3v) is 1.72. The summed E-state index contributed by atoms with van der Waals surface area (Å²) in [5, 5.41) is 18.8. The Hall–Kier alpha value is -1.66. The zero-order valence-corrected chi connectivity index (χ0v) is 9.97. The minimum atomic E-state index is -2.90. The van der Waals surface area contributed by atoms with Gasteiger partial charge in [0, 0.05) is 11.6 Å². The number of hydrogen-bond acceptors (Lipinski definition) is 6. The van der Waals surface area contributed by atoms with Crippen LogP contribution in [0.3, 0.4) is 0 Å². The first-order valence-corrected chi connectivity index (χ1v) is 4.87. The van der Waals surface area contributed by atoms with Crippen molar-refractivity contribution in [3.63, 3.8) is 0 Å². The molecule has 0 heterocycles. The molecule has 1 atom stereocenters. The van der Waals surface area contributed by atoms with Crippen LogP contribution in [0.1, 0.15) is 20.8 Å². The van der Waals surface area contributed by atoms with Gasteiger partial charge in [-0.15, -0.1) is 0 Å². The van der Waals surface area contributed by atoms with Gasteiger partial charge in [0.2, 0.25) is 0 Å². The van der Waals surface area contributed by atoms with Crippen LogP contribution in [-0.4, -0.2) is 34.2 Å². The van der Waals surface area contributed by atoms with E-state index in [1.54, 1.807) is 6.92 Å². The lowest BCUT2D eigenvalue weighted by Gasteiger charge is -2.26. The topological polar surface area (TPSA) is 93.1 Å². The maximum atomic E-state index is 11.1. The molecule has 0 spiro atoms. The molecule has 1 unspecified atom stereocenters. The van der Waals surface area contributed by atoms with Gasteiger partial charge >= 0.3 is 17.9 Å². The molecule has 2 N–H and O–H groups in total. The first-order chi connectivity index (χ1) is 7.70. The van der Waals surface area contributed by atoms with E-state index in [0.29, 0.717) is 0 Å². The Kier molecular flexibility index (Phi) is 5.57. The average Bonchev–Trinajstić information content (AvgIpc) is 2.16. The standard InChI is InChI=1S/C11H16O6/c1-5-6-9(12)16-8(4)11(14,15)17-10(13)7(2)3/h5-6,8,14-15H,2H2,1,3-4H3. The summed E-state index contributed by atoms with van der Waals surface area (Å²) in [6.45, 7) is 7.38. The maximum absolute atomic E-state index is 11.1. The number of carbonyl (C=O) groups is 2. The van der Waals surface area contributed by atoms with E-state index in [-0.39, 0.29) is 5.57 Å². The predicted molar refractivity (Wildman–Crippen MR) is 58.4 cm³/mol. The van der Waals surface area contributed by atoms with Crippen molar-refractivity contribution in [2.45, 2.75) is 32.8 Å². The van der Waals surface area contributed by atoms with Gasteiger partial charge in [-0.05, 0) is 20.8 Å². The molecule has 0 amide bonds. The number of allylic oxidation sites excluding steroid dienone is 1. The number of hydrogen-bond donors (Lipinski definition) is 2. The normalized spacial score (nSPS) is 13.2. The summed E-state index contributed by atoms with van der Waals surface area (Å²) in [5.74, 6) is -4.67. The van der Waals surface area contributed by atoms with Gasteiger partial charge in [0.1, 0.15) is 0 Å². The van der Waals surface area contributed by atoms with Crippen molar-refractivity contribution < 1.29 is 29.3 Å². The lowest BCUT2D eigenvalue weighted by molar-refractivity contribution is -0.353. The van der Waals surface area contributed by atoms with E-state index in [4.69, 9.17) is 0 Å². The van der Waals surface area contributed by atoms with E-state index in [0.717, 1.165) is 6.08 Å². The fourth-order valence-corrected chi connectivity index (χ4v) is 0.733. The van der Waals surface area contributed by atoms with Crippen LogP contribution in [0.2, 0.25) is 0 Å². The summed E-state index contributed by atoms with van der Waals surface area (Å²) in [7, 11) is 0. The molecular formula is C11H16O6. The molecule has 6 nitrogen and oxygen atoms in total. The van der Waals surface area contributed by atoms with Gasteiger partial charge in [-0.1, -0.05) is 12.7 Å². The Morgan fingerprint density at radius 1 is 1.41 bits per heavy atom. The second kappa shape index (κ2) is 6.17. The molecule has 6 heteroatoms. The van der Waals surface area contributed by atoms with Crippen molar-refractivity contribution in [1.29, 1.82) is 0 Å². The second-order valence-electron chi connectivity index (χ2n) is 3.41. The predicted octanol–water partition coefficient (Wildman–Crippen LogP) is 0.252. The number of aliphatic hydroxyl groups is 2. The van der Waals surface area contributed by atoms with E-state index in [1.165, 1.54) is 19.9 Å². The second-order valence-corrected chi connectivity index (χ2v) is 3.41. The van der Waals surface area contributed by atoms with Crippen LogP contribution in [0.4, 0.5) is 0 Å². The van der Waals surface area contributed by atoms with Crippen LogP contribution in [0, 0.1) is 0 Å². The monoisotopic (exact) mass is 244 g/mol. The summed E-state index contributed by atoms with van der Waals surface area (Å²) in [4.78, 5) is 22.1. The van der Waals surface area contributed by atoms with Gasteiger partial charge in [0.15, 0.2) is 6.10 Å². The minimum Gasteiger partial charge on any atom is -0.449 e. The lowest BCUT2D eigenvalue weighted by Crippen LogP contribution is -2.47. The fraction of sp³-hybridized carbons (Fsp3) is 0.455. The molecule has 17 heavy (non-hydrogen) atoms. The molecule has 0 aliphatic rings. The number of esters is 2. The van der Waals surface area contributed by atoms with Gasteiger partial charge in [0.25, 0.3) is 0 Å². The smallest absolute Gasteiger partial charge is 0.363 e. The highest BCUT2D eigenvalue weighted by Crippen LogP contribution is 2.14. The highest BCUT2D eigenvalue weighted by molar-refractivity contribution is 5.87. The summed E-state index contributed by atoms with van der Waals surface area (Å²) in [6.07, 6.45) is 1.08. The number of rotatable bonds is 5. The van der Waals surface area contributed by atoms with Crippen LogP contribution >= 0.6 is 0 Å². The molecule has 0 aliphatic heterocycles. The SMILES string of the molecule is C=C(C)C(=O)OC(O)(O)C(C)OC(=O)C=CC. The van der Waals surface area contributed by atoms with Gasteiger partial charge in [-0.3, -0.25) is 0 Å². The van der Waals surface area contributed by atoms with Crippen molar-refractivity contribution >= 4 is 11.9 Å². The Morgan fingerprint density at radius 2 is 1.94 bits per heavy atom. The zero-order valence-electron chi connectivity index (χ0n) is 9.97. The molecule has 0 aromatic rings. The summed E-state index contributed by atoms with van der Waals surface area (Å²) < 4.78 is 8.91. The average molecular weight is 244 g/mol. The van der Waals surface area contributed by atoms with Gasteiger partial charge in [0.05, 0.1) is 0 Å². The minimum absolute atomic E-state index is 0.00976. The number of carbonyl (C=O) groups excluding carboxylic acids is 2. The maximum Gasteiger partial charge on any atom is 0.363 e. The van der Waals surface area contributed by atoms with E-state index < -0.39 is 24.0 Å². The quantitative estimate of drug-likeness (QED) is 0.409. The molecule has 0 bridgehead atoms. The van der Waals surface area contributed by atoms with E-state index in [1.807, 2.05) is 0 Å². The van der Waals surface area contributed by atoms with Crippen LogP contribution in [0.15, 0.2) is 24.3 Å². The van der Waals surface area contributed by atoms with Crippen molar-refractivity contribution in [3.8, 4) is 0 Å². The van der Waals surface area contributed by atoms with Crippen LogP contribution in [0.5, 0.6) is 0 Å². The van der Waals surface area contributed by atoms with E-state index >= 15 is 0 Å². The Bertz CT molecular complexity index is 342. The summed E-state index contributed by atoms with van der Waals surface area (Å²) >= 11 is 0. The summed E-state index contributed by atoms with van der Waals surface area (Å²) in [5.41, 5.74) is -0.00976. The molecule has 0 rings (SSSR count). The van der Waals surface area contributed by atoms with Crippen molar-refractivity contribution in [2.75, 3.05) is 0 Å². The van der Waals surface area contributed by atoms with Crippen LogP contribution in [0.25, 0.3) is 0 Å². The molecular weight excluding hydrogens is 228 g/mol. The Morgan fingerprint density at radius 3 is 2.35 bits per heavy atom. The highest BCUT2D eigenvalue weighted by atomic mass is 16.8. The molecule has 0 saturated carbocycles. The fourth-order valence-electron chi connectivity index (χ4n) is 0.733. The van der Waals surface area contributed by atoms with Crippen molar-refractivity contribution in [2.24, 2.45) is 0 Å². The largest absolute Gasteiger partial charge is 0.449 e. The Balaban J connectivity index is 4.54. The third kappa shape index (κ3) is 5.28. The van der Waals surface area contributed by atoms with Gasteiger partial charge in [-0.25, -0.2) is 9.59 Å². The molecule has 96 valence electrons. The first kappa shape index (κ1) is 15.3. The molecule has 0 aromatic heterocycles. The number of ether oxygens (including phenoxy) is 2. The van der Waals surface area contributed by atoms with Crippen LogP contribution < -0.4 is 0 Å². The van der Waals surface area contributed by atoms with Crippen molar-refractivity contribution in [1.82, 2.24) is 0 Å². The highest BCUT2D eigenvalue weighted by Gasteiger charge is 2.38. The van der Waals surface area contributed by atoms with E-state index in [9.17, 15) is 19.8 Å². The Labute approximate surface area is 99.1 Å². The molecule has 0 fully saturated rings. The van der Waals surface area contributed by atoms with E-state index in [2.05, 4.69) is 16.1 Å². The molecule has 0 saturated heterocycles. The lowest BCUT2D eigenvalue weighted by atomic mass is 10.3. The molecule has 0 aromatic carbocycles. The molecule has 0 aliphatic carbocycles. The summed E-state index contributed by atoms with van der Waals surface area (Å²) in [6, 6.07) is 0. The van der Waals surface area contributed by atoms with Crippen LogP contribution in [-0.2, 0) is 19.1 Å². The van der Waals surface area contributed by atoms with Crippen molar-refractivity contribution in [3.05, 3.63) is 24.3 Å². The first-order valence-electron chi connectivity index (χ1n) is 4.87. The molecule has 0 radical (unpaired) electrons. The van der Waals surface area contributed by atoms with Gasteiger partial charge < -0.3 is 19.7 Å². The zero-order chi connectivity index (χ0) is 13.6. The van der Waals surface area contributed by atoms with Gasteiger partial charge in [-0.2, -0.15) is 0 Å². The third-order valence-electron chi connectivity index (χ3n) is 1.72.